The van der Waals surface area contributed by atoms with E-state index in [4.69, 9.17) is 28.1 Å². The second-order valence-corrected chi connectivity index (χ2v) is 8.33. The van der Waals surface area contributed by atoms with Crippen LogP contribution in [0.2, 0.25) is 0 Å². The lowest BCUT2D eigenvalue weighted by Gasteiger charge is -2.25. The van der Waals surface area contributed by atoms with E-state index in [1.165, 1.54) is 26.4 Å². The van der Waals surface area contributed by atoms with Gasteiger partial charge in [0.2, 0.25) is 5.75 Å². The summed E-state index contributed by atoms with van der Waals surface area (Å²) in [5, 5.41) is 4.13. The molecule has 1 fully saturated rings. The van der Waals surface area contributed by atoms with E-state index in [1.807, 2.05) is 0 Å². The van der Waals surface area contributed by atoms with Crippen molar-refractivity contribution >= 4 is 19.2 Å². The Balaban J connectivity index is 2.17. The van der Waals surface area contributed by atoms with Gasteiger partial charge in [-0.05, 0) is 13.8 Å². The van der Waals surface area contributed by atoms with Crippen LogP contribution in [0.3, 0.4) is 0 Å². The van der Waals surface area contributed by atoms with Crippen molar-refractivity contribution in [3.63, 3.8) is 0 Å². The predicted molar refractivity (Wildman–Crippen MR) is 107 cm³/mol. The summed E-state index contributed by atoms with van der Waals surface area (Å²) in [6, 6.07) is 3.22. The highest BCUT2D eigenvalue weighted by atomic mass is 31.2. The zero-order chi connectivity index (χ0) is 21.6. The van der Waals surface area contributed by atoms with Crippen molar-refractivity contribution in [3.05, 3.63) is 12.1 Å². The Morgan fingerprint density at radius 3 is 2.14 bits per heavy atom. The zero-order valence-corrected chi connectivity index (χ0v) is 18.5. The molecule has 10 nitrogen and oxygen atoms in total. The molecule has 1 aromatic carbocycles. The number of carbonyl (C=O) groups is 1. The molecular weight excluding hydrogens is 403 g/mol. The molecule has 0 aliphatic carbocycles. The molecule has 1 amide bonds. The number of hydroxylamine groups is 2. The van der Waals surface area contributed by atoms with Crippen LogP contribution in [-0.4, -0.2) is 64.4 Å². The molecule has 0 unspecified atom stereocenters. The van der Waals surface area contributed by atoms with Crippen LogP contribution in [0.25, 0.3) is 0 Å². The maximum absolute atomic E-state index is 13.0. The molecule has 1 aliphatic heterocycles. The van der Waals surface area contributed by atoms with Crippen molar-refractivity contribution < 1.29 is 37.5 Å². The highest BCUT2D eigenvalue weighted by molar-refractivity contribution is 7.54. The number of amides is 1. The third-order valence-electron chi connectivity index (χ3n) is 4.35. The van der Waals surface area contributed by atoms with Crippen LogP contribution >= 0.6 is 7.60 Å². The first-order valence-corrected chi connectivity index (χ1v) is 10.8. The molecule has 164 valence electrons. The number of hydrogen-bond donors (Lipinski definition) is 1. The van der Waals surface area contributed by atoms with Gasteiger partial charge < -0.3 is 28.6 Å². The molecule has 0 bridgehead atoms. The van der Waals surface area contributed by atoms with Crippen molar-refractivity contribution in [2.24, 2.45) is 0 Å². The molecule has 1 saturated heterocycles. The largest absolute Gasteiger partial charge is 0.493 e. The Bertz CT molecular complexity index is 724. The number of carbonyl (C=O) groups excluding carboxylic acids is 1. The van der Waals surface area contributed by atoms with E-state index < -0.39 is 25.4 Å². The van der Waals surface area contributed by atoms with Crippen LogP contribution in [0.15, 0.2) is 12.1 Å². The fraction of sp³-hybridized carbons (Fsp3) is 0.611. The highest BCUT2D eigenvalue weighted by Gasteiger charge is 2.48. The summed E-state index contributed by atoms with van der Waals surface area (Å²) in [4.78, 5) is 18.4. The number of ether oxygens (including phenoxy) is 3. The SMILES string of the molecule is CCOP(=O)(OCC)[C@@H]1C[C@@H](C(=O)Nc2cc(OC)c(OC)c(OC)c2)ON1C. The molecule has 0 saturated carbocycles. The summed E-state index contributed by atoms with van der Waals surface area (Å²) in [6.45, 7) is 3.92. The molecule has 1 aliphatic rings. The van der Waals surface area contributed by atoms with Crippen LogP contribution in [0.1, 0.15) is 20.3 Å². The Morgan fingerprint density at radius 1 is 1.14 bits per heavy atom. The first kappa shape index (κ1) is 23.4. The van der Waals surface area contributed by atoms with Crippen molar-refractivity contribution in [2.75, 3.05) is 46.9 Å². The summed E-state index contributed by atoms with van der Waals surface area (Å²) < 4.78 is 39.7. The number of anilines is 1. The first-order chi connectivity index (χ1) is 13.8. The molecule has 2 rings (SSSR count). The number of nitrogens with one attached hydrogen (secondary N) is 1. The predicted octanol–water partition coefficient (Wildman–Crippen LogP) is 2.88. The summed E-state index contributed by atoms with van der Waals surface area (Å²) in [7, 11) is 2.62. The van der Waals surface area contributed by atoms with Gasteiger partial charge in [0.05, 0.1) is 34.5 Å². The zero-order valence-electron chi connectivity index (χ0n) is 17.6. The Hall–Kier alpha value is -1.84. The van der Waals surface area contributed by atoms with Crippen molar-refractivity contribution in [2.45, 2.75) is 32.2 Å². The molecule has 0 radical (unpaired) electrons. The van der Waals surface area contributed by atoms with Crippen LogP contribution < -0.4 is 19.5 Å². The summed E-state index contributed by atoms with van der Waals surface area (Å²) >= 11 is 0. The second-order valence-electron chi connectivity index (χ2n) is 6.14. The van der Waals surface area contributed by atoms with Crippen LogP contribution in [0, 0.1) is 0 Å². The van der Waals surface area contributed by atoms with Gasteiger partial charge in [0.25, 0.3) is 5.91 Å². The molecule has 0 aromatic heterocycles. The van der Waals surface area contributed by atoms with Gasteiger partial charge >= 0.3 is 7.60 Å². The lowest BCUT2D eigenvalue weighted by atomic mass is 10.2. The van der Waals surface area contributed by atoms with E-state index in [0.717, 1.165) is 0 Å². The number of benzene rings is 1. The van der Waals surface area contributed by atoms with E-state index in [1.54, 1.807) is 33.0 Å². The molecule has 1 N–H and O–H groups in total. The maximum atomic E-state index is 13.0. The standard InChI is InChI=1S/C18H29N2O8P/c1-7-26-29(22,27-8-2)16-11-15(28-20(16)3)18(21)19-12-9-13(23-4)17(25-6)14(10-12)24-5/h9-10,15-16H,7-8,11H2,1-6H3,(H,19,21)/t15-,16+/m0/s1. The molecule has 11 heteroatoms. The third-order valence-corrected chi connectivity index (χ3v) is 6.85. The van der Waals surface area contributed by atoms with Crippen LogP contribution in [-0.2, 0) is 23.2 Å². The normalized spacial score (nSPS) is 19.8. The average molecular weight is 432 g/mol. The van der Waals surface area contributed by atoms with E-state index in [9.17, 15) is 9.36 Å². The monoisotopic (exact) mass is 432 g/mol. The van der Waals surface area contributed by atoms with Gasteiger partial charge in [-0.1, -0.05) is 0 Å². The van der Waals surface area contributed by atoms with E-state index >= 15 is 0 Å². The minimum atomic E-state index is -3.45. The van der Waals surface area contributed by atoms with Gasteiger partial charge in [-0.2, -0.15) is 5.06 Å². The van der Waals surface area contributed by atoms with E-state index in [2.05, 4.69) is 5.32 Å². The smallest absolute Gasteiger partial charge is 0.350 e. The highest BCUT2D eigenvalue weighted by Crippen LogP contribution is 2.57. The minimum Gasteiger partial charge on any atom is -0.493 e. The van der Waals surface area contributed by atoms with Crippen LogP contribution in [0.5, 0.6) is 17.2 Å². The van der Waals surface area contributed by atoms with Gasteiger partial charge in [0, 0.05) is 31.3 Å². The van der Waals surface area contributed by atoms with Gasteiger partial charge in [0.1, 0.15) is 5.78 Å². The summed E-state index contributed by atoms with van der Waals surface area (Å²) in [5.41, 5.74) is 0.442. The quantitative estimate of drug-likeness (QED) is 0.559. The van der Waals surface area contributed by atoms with Crippen molar-refractivity contribution in [1.29, 1.82) is 0 Å². The van der Waals surface area contributed by atoms with Crippen LogP contribution in [0.4, 0.5) is 5.69 Å². The van der Waals surface area contributed by atoms with Crippen molar-refractivity contribution in [1.82, 2.24) is 5.06 Å². The van der Waals surface area contributed by atoms with E-state index in [-0.39, 0.29) is 19.6 Å². The first-order valence-electron chi connectivity index (χ1n) is 9.22. The van der Waals surface area contributed by atoms with Gasteiger partial charge in [-0.15, -0.1) is 0 Å². The second kappa shape index (κ2) is 10.3. The Kier molecular flexibility index (Phi) is 8.30. The molecule has 1 aromatic rings. The summed E-state index contributed by atoms with van der Waals surface area (Å²) in [5.74, 6) is 0.133. The molecule has 29 heavy (non-hydrogen) atoms. The lowest BCUT2D eigenvalue weighted by Crippen LogP contribution is -2.28. The van der Waals surface area contributed by atoms with Gasteiger partial charge in [-0.3, -0.25) is 14.2 Å². The van der Waals surface area contributed by atoms with E-state index in [0.29, 0.717) is 22.9 Å². The molecule has 1 heterocycles. The lowest BCUT2D eigenvalue weighted by molar-refractivity contribution is -0.155. The average Bonchev–Trinajstić information content (AvgIpc) is 3.10. The van der Waals surface area contributed by atoms with Gasteiger partial charge in [0.15, 0.2) is 17.6 Å². The minimum absolute atomic E-state index is 0.157. The molecule has 2 atom stereocenters. The Morgan fingerprint density at radius 2 is 1.69 bits per heavy atom. The number of rotatable bonds is 10. The fourth-order valence-corrected chi connectivity index (χ4v) is 5.12. The third kappa shape index (κ3) is 5.21. The number of methoxy groups -OCH3 is 3. The van der Waals surface area contributed by atoms with Crippen molar-refractivity contribution in [3.8, 4) is 17.2 Å². The summed E-state index contributed by atoms with van der Waals surface area (Å²) in [6.07, 6.45) is -0.706. The molecule has 0 spiro atoms. The molecular formula is C18H29N2O8P. The number of nitrogens with zero attached hydrogens (tertiary/aromatic N) is 1. The topological polar surface area (TPSA) is 105 Å². The van der Waals surface area contributed by atoms with Gasteiger partial charge in [-0.25, -0.2) is 0 Å². The fourth-order valence-electron chi connectivity index (χ4n) is 3.08. The maximum Gasteiger partial charge on any atom is 0.350 e. The Labute approximate surface area is 170 Å². The number of hydrogen-bond acceptors (Lipinski definition) is 9.